The number of anilines is 1. The summed E-state index contributed by atoms with van der Waals surface area (Å²) >= 11 is 0. The molecule has 0 spiro atoms. The first kappa shape index (κ1) is 10.5. The van der Waals surface area contributed by atoms with Crippen molar-refractivity contribution in [2.75, 3.05) is 18.8 Å². The standard InChI is InChI=1S/C12H17N5/c1-17-7-9(8-2-4-14-5-3-8)11-10(17)6-15-12(13)16-11/h6-8,14H,2-5H2,1H3,(H2,13,15,16). The van der Waals surface area contributed by atoms with Crippen molar-refractivity contribution in [2.24, 2.45) is 7.05 Å². The summed E-state index contributed by atoms with van der Waals surface area (Å²) in [6, 6.07) is 0. The lowest BCUT2D eigenvalue weighted by molar-refractivity contribution is 0.461. The highest BCUT2D eigenvalue weighted by Gasteiger charge is 2.20. The number of nitrogens with zero attached hydrogens (tertiary/aromatic N) is 3. The lowest BCUT2D eigenvalue weighted by Gasteiger charge is -2.21. The van der Waals surface area contributed by atoms with Crippen LogP contribution < -0.4 is 11.1 Å². The van der Waals surface area contributed by atoms with Crippen molar-refractivity contribution >= 4 is 17.0 Å². The molecule has 1 aliphatic rings. The fourth-order valence-corrected chi connectivity index (χ4v) is 2.63. The van der Waals surface area contributed by atoms with Gasteiger partial charge in [0.15, 0.2) is 0 Å². The van der Waals surface area contributed by atoms with E-state index in [2.05, 4.69) is 26.0 Å². The Hall–Kier alpha value is -1.62. The van der Waals surface area contributed by atoms with Crippen LogP contribution in [0.15, 0.2) is 12.4 Å². The van der Waals surface area contributed by atoms with Crippen molar-refractivity contribution in [3.8, 4) is 0 Å². The second-order valence-electron chi connectivity index (χ2n) is 4.68. The summed E-state index contributed by atoms with van der Waals surface area (Å²) in [5, 5.41) is 3.39. The van der Waals surface area contributed by atoms with Crippen molar-refractivity contribution < 1.29 is 0 Å². The number of hydrogen-bond donors (Lipinski definition) is 2. The first-order valence-electron chi connectivity index (χ1n) is 6.04. The SMILES string of the molecule is Cn1cc(C2CCNCC2)c2nc(N)ncc21. The molecule has 2 aromatic rings. The summed E-state index contributed by atoms with van der Waals surface area (Å²) in [7, 11) is 2.03. The molecule has 0 saturated carbocycles. The Morgan fingerprint density at radius 1 is 1.41 bits per heavy atom. The van der Waals surface area contributed by atoms with Crippen LogP contribution in [0.5, 0.6) is 0 Å². The average Bonchev–Trinajstić information content (AvgIpc) is 2.67. The van der Waals surface area contributed by atoms with Crippen LogP contribution in [0.2, 0.25) is 0 Å². The molecule has 1 fully saturated rings. The van der Waals surface area contributed by atoms with Gasteiger partial charge in [0.2, 0.25) is 5.95 Å². The molecule has 3 N–H and O–H groups in total. The Balaban J connectivity index is 2.11. The van der Waals surface area contributed by atoms with Crippen LogP contribution in [0.4, 0.5) is 5.95 Å². The number of aryl methyl sites for hydroxylation is 1. The summed E-state index contributed by atoms with van der Waals surface area (Å²) in [6.45, 7) is 2.17. The number of nitrogen functional groups attached to an aromatic ring is 1. The Labute approximate surface area is 100 Å². The van der Waals surface area contributed by atoms with E-state index < -0.39 is 0 Å². The van der Waals surface area contributed by atoms with Gasteiger partial charge < -0.3 is 15.6 Å². The van der Waals surface area contributed by atoms with E-state index >= 15 is 0 Å². The van der Waals surface area contributed by atoms with E-state index in [9.17, 15) is 0 Å². The van der Waals surface area contributed by atoms with Crippen LogP contribution in [-0.4, -0.2) is 27.6 Å². The number of nitrogens with one attached hydrogen (secondary N) is 1. The van der Waals surface area contributed by atoms with E-state index in [-0.39, 0.29) is 0 Å². The summed E-state index contributed by atoms with van der Waals surface area (Å²) in [6.07, 6.45) is 6.32. The van der Waals surface area contributed by atoms with Crippen LogP contribution in [0, 0.1) is 0 Å². The third kappa shape index (κ3) is 1.76. The zero-order valence-corrected chi connectivity index (χ0v) is 9.98. The largest absolute Gasteiger partial charge is 0.368 e. The Bertz CT molecular complexity index is 539. The molecule has 0 radical (unpaired) electrons. The van der Waals surface area contributed by atoms with E-state index in [0.29, 0.717) is 11.9 Å². The predicted octanol–water partition coefficient (Wildman–Crippen LogP) is 1.02. The number of hydrogen-bond acceptors (Lipinski definition) is 4. The van der Waals surface area contributed by atoms with Crippen LogP contribution >= 0.6 is 0 Å². The molecule has 17 heavy (non-hydrogen) atoms. The third-order valence-electron chi connectivity index (χ3n) is 3.55. The molecule has 2 aromatic heterocycles. The lowest BCUT2D eigenvalue weighted by atomic mass is 9.91. The van der Waals surface area contributed by atoms with Crippen LogP contribution in [-0.2, 0) is 7.05 Å². The van der Waals surface area contributed by atoms with Gasteiger partial charge in [0, 0.05) is 13.2 Å². The van der Waals surface area contributed by atoms with Crippen molar-refractivity contribution in [1.82, 2.24) is 19.9 Å². The molecule has 0 unspecified atom stereocenters. The lowest BCUT2D eigenvalue weighted by Crippen LogP contribution is -2.26. The maximum absolute atomic E-state index is 5.69. The zero-order valence-electron chi connectivity index (χ0n) is 9.98. The second kappa shape index (κ2) is 4.00. The number of rotatable bonds is 1. The van der Waals surface area contributed by atoms with Crippen molar-refractivity contribution in [3.63, 3.8) is 0 Å². The van der Waals surface area contributed by atoms with Gasteiger partial charge >= 0.3 is 0 Å². The van der Waals surface area contributed by atoms with Gasteiger partial charge in [-0.05, 0) is 37.4 Å². The molecule has 5 heteroatoms. The predicted molar refractivity (Wildman–Crippen MR) is 67.8 cm³/mol. The average molecular weight is 231 g/mol. The topological polar surface area (TPSA) is 68.8 Å². The van der Waals surface area contributed by atoms with Gasteiger partial charge in [0.05, 0.1) is 17.2 Å². The molecule has 5 nitrogen and oxygen atoms in total. The quantitative estimate of drug-likeness (QED) is 0.768. The molecule has 0 bridgehead atoms. The van der Waals surface area contributed by atoms with Gasteiger partial charge in [-0.2, -0.15) is 0 Å². The smallest absolute Gasteiger partial charge is 0.220 e. The molecule has 0 aliphatic carbocycles. The summed E-state index contributed by atoms with van der Waals surface area (Å²) in [5.41, 5.74) is 9.09. The number of nitrogens with two attached hydrogens (primary N) is 1. The van der Waals surface area contributed by atoms with E-state index in [0.717, 1.165) is 24.1 Å². The third-order valence-corrected chi connectivity index (χ3v) is 3.55. The fourth-order valence-electron chi connectivity index (χ4n) is 2.63. The Kier molecular flexibility index (Phi) is 2.48. The maximum Gasteiger partial charge on any atom is 0.220 e. The molecule has 0 atom stereocenters. The molecular weight excluding hydrogens is 214 g/mol. The van der Waals surface area contributed by atoms with E-state index in [1.165, 1.54) is 18.4 Å². The Morgan fingerprint density at radius 2 is 2.18 bits per heavy atom. The normalized spacial score (nSPS) is 17.7. The molecule has 3 heterocycles. The highest BCUT2D eigenvalue weighted by molar-refractivity contribution is 5.80. The van der Waals surface area contributed by atoms with Gasteiger partial charge in [-0.3, -0.25) is 0 Å². The van der Waals surface area contributed by atoms with E-state index in [1.54, 1.807) is 0 Å². The van der Waals surface area contributed by atoms with Gasteiger partial charge in [0.1, 0.15) is 0 Å². The molecule has 0 aromatic carbocycles. The fraction of sp³-hybridized carbons (Fsp3) is 0.500. The first-order chi connectivity index (χ1) is 8.25. The van der Waals surface area contributed by atoms with Gasteiger partial charge in [-0.25, -0.2) is 9.97 Å². The maximum atomic E-state index is 5.69. The van der Waals surface area contributed by atoms with Crippen molar-refractivity contribution in [1.29, 1.82) is 0 Å². The minimum Gasteiger partial charge on any atom is -0.368 e. The molecule has 1 aliphatic heterocycles. The Morgan fingerprint density at radius 3 is 2.94 bits per heavy atom. The van der Waals surface area contributed by atoms with Gasteiger partial charge in [0.25, 0.3) is 0 Å². The molecule has 0 amide bonds. The summed E-state index contributed by atoms with van der Waals surface area (Å²) in [4.78, 5) is 8.46. The summed E-state index contributed by atoms with van der Waals surface area (Å²) < 4.78 is 2.09. The van der Waals surface area contributed by atoms with E-state index in [4.69, 9.17) is 5.73 Å². The highest BCUT2D eigenvalue weighted by atomic mass is 15.0. The number of piperidine rings is 1. The van der Waals surface area contributed by atoms with Gasteiger partial charge in [-0.1, -0.05) is 0 Å². The summed E-state index contributed by atoms with van der Waals surface area (Å²) in [5.74, 6) is 0.952. The van der Waals surface area contributed by atoms with E-state index in [1.807, 2.05) is 13.2 Å². The van der Waals surface area contributed by atoms with Crippen LogP contribution in [0.1, 0.15) is 24.3 Å². The van der Waals surface area contributed by atoms with Crippen molar-refractivity contribution in [2.45, 2.75) is 18.8 Å². The molecular formula is C12H17N5. The molecule has 3 rings (SSSR count). The van der Waals surface area contributed by atoms with Gasteiger partial charge in [-0.15, -0.1) is 0 Å². The molecule has 1 saturated heterocycles. The monoisotopic (exact) mass is 231 g/mol. The zero-order chi connectivity index (χ0) is 11.8. The van der Waals surface area contributed by atoms with Crippen LogP contribution in [0.25, 0.3) is 11.0 Å². The minimum absolute atomic E-state index is 0.360. The number of fused-ring (bicyclic) bond motifs is 1. The minimum atomic E-state index is 0.360. The highest BCUT2D eigenvalue weighted by Crippen LogP contribution is 2.31. The second-order valence-corrected chi connectivity index (χ2v) is 4.68. The van der Waals surface area contributed by atoms with Crippen molar-refractivity contribution in [3.05, 3.63) is 18.0 Å². The van der Waals surface area contributed by atoms with Crippen LogP contribution in [0.3, 0.4) is 0 Å². The molecule has 90 valence electrons. The first-order valence-corrected chi connectivity index (χ1v) is 6.04. The number of aromatic nitrogens is 3.